The summed E-state index contributed by atoms with van der Waals surface area (Å²) in [4.78, 5) is 13.4. The SMILES string of the molecule is COc1ccc(-c2nnc3s/c(=C/c4ccc(Cl)cc4)c(=O)n23)cc1OC. The van der Waals surface area contributed by atoms with Crippen LogP contribution in [0.1, 0.15) is 5.56 Å². The molecule has 0 fully saturated rings. The van der Waals surface area contributed by atoms with E-state index >= 15 is 0 Å². The smallest absolute Gasteiger partial charge is 0.276 e. The highest BCUT2D eigenvalue weighted by atomic mass is 35.5. The van der Waals surface area contributed by atoms with E-state index in [1.807, 2.05) is 24.3 Å². The first kappa shape index (κ1) is 17.5. The van der Waals surface area contributed by atoms with Crippen molar-refractivity contribution in [1.82, 2.24) is 14.6 Å². The molecule has 0 aliphatic rings. The summed E-state index contributed by atoms with van der Waals surface area (Å²) in [5.41, 5.74) is 1.44. The average molecular weight is 400 g/mol. The van der Waals surface area contributed by atoms with Crippen molar-refractivity contribution in [2.75, 3.05) is 14.2 Å². The molecule has 0 N–H and O–H groups in total. The van der Waals surface area contributed by atoms with Gasteiger partial charge in [0.05, 0.1) is 18.8 Å². The predicted molar refractivity (Wildman–Crippen MR) is 106 cm³/mol. The predicted octanol–water partition coefficient (Wildman–Crippen LogP) is 3.04. The number of aromatic nitrogens is 3. The Hall–Kier alpha value is -2.90. The molecule has 0 saturated carbocycles. The lowest BCUT2D eigenvalue weighted by Gasteiger charge is -2.08. The zero-order chi connectivity index (χ0) is 19.0. The van der Waals surface area contributed by atoms with E-state index in [0.29, 0.717) is 37.4 Å². The van der Waals surface area contributed by atoms with Gasteiger partial charge in [-0.1, -0.05) is 35.1 Å². The van der Waals surface area contributed by atoms with Crippen LogP contribution in [0.4, 0.5) is 0 Å². The number of hydrogen-bond acceptors (Lipinski definition) is 6. The first-order valence-corrected chi connectivity index (χ1v) is 9.18. The minimum Gasteiger partial charge on any atom is -0.493 e. The summed E-state index contributed by atoms with van der Waals surface area (Å²) in [5.74, 6) is 1.62. The minimum atomic E-state index is -0.167. The van der Waals surface area contributed by atoms with E-state index in [1.54, 1.807) is 38.5 Å². The third-order valence-corrected chi connectivity index (χ3v) is 5.27. The topological polar surface area (TPSA) is 65.7 Å². The van der Waals surface area contributed by atoms with Crippen LogP contribution in [-0.2, 0) is 0 Å². The van der Waals surface area contributed by atoms with Gasteiger partial charge in [0.1, 0.15) is 0 Å². The zero-order valence-electron chi connectivity index (χ0n) is 14.5. The third-order valence-electron chi connectivity index (χ3n) is 4.06. The molecule has 4 aromatic rings. The van der Waals surface area contributed by atoms with E-state index < -0.39 is 0 Å². The first-order valence-electron chi connectivity index (χ1n) is 7.98. The van der Waals surface area contributed by atoms with E-state index in [0.717, 1.165) is 5.56 Å². The monoisotopic (exact) mass is 399 g/mol. The molecule has 0 unspecified atom stereocenters. The lowest BCUT2D eigenvalue weighted by atomic mass is 10.2. The van der Waals surface area contributed by atoms with Crippen molar-refractivity contribution >= 4 is 34.0 Å². The van der Waals surface area contributed by atoms with Gasteiger partial charge in [0.15, 0.2) is 17.3 Å². The van der Waals surface area contributed by atoms with Crippen LogP contribution in [0.2, 0.25) is 5.02 Å². The van der Waals surface area contributed by atoms with Gasteiger partial charge >= 0.3 is 0 Å². The molecule has 0 amide bonds. The molecular formula is C19H14ClN3O3S. The Bertz CT molecular complexity index is 1230. The summed E-state index contributed by atoms with van der Waals surface area (Å²) in [5, 5.41) is 8.97. The molecule has 0 aliphatic carbocycles. The Kier molecular flexibility index (Phi) is 4.55. The van der Waals surface area contributed by atoms with Crippen LogP contribution in [0.3, 0.4) is 0 Å². The summed E-state index contributed by atoms with van der Waals surface area (Å²) in [6.07, 6.45) is 1.82. The molecule has 0 saturated heterocycles. The van der Waals surface area contributed by atoms with Crippen molar-refractivity contribution < 1.29 is 9.47 Å². The number of methoxy groups -OCH3 is 2. The van der Waals surface area contributed by atoms with E-state index in [1.165, 1.54) is 15.7 Å². The number of benzene rings is 2. The summed E-state index contributed by atoms with van der Waals surface area (Å²) >= 11 is 7.20. The molecule has 2 heterocycles. The van der Waals surface area contributed by atoms with Gasteiger partial charge < -0.3 is 9.47 Å². The molecule has 0 aliphatic heterocycles. The summed E-state index contributed by atoms with van der Waals surface area (Å²) in [6, 6.07) is 12.6. The van der Waals surface area contributed by atoms with Gasteiger partial charge in [0.25, 0.3) is 5.56 Å². The van der Waals surface area contributed by atoms with Crippen molar-refractivity contribution in [1.29, 1.82) is 0 Å². The fourth-order valence-electron chi connectivity index (χ4n) is 2.74. The van der Waals surface area contributed by atoms with Gasteiger partial charge in [0, 0.05) is 10.6 Å². The highest BCUT2D eigenvalue weighted by Gasteiger charge is 2.16. The average Bonchev–Trinajstić information content (AvgIpc) is 3.23. The Balaban J connectivity index is 1.86. The molecule has 6 nitrogen and oxygen atoms in total. The van der Waals surface area contributed by atoms with Crippen molar-refractivity contribution in [2.45, 2.75) is 0 Å². The molecule has 4 rings (SSSR count). The van der Waals surface area contributed by atoms with Crippen LogP contribution in [0.5, 0.6) is 11.5 Å². The maximum Gasteiger partial charge on any atom is 0.276 e. The molecule has 136 valence electrons. The number of nitrogens with zero attached hydrogens (tertiary/aromatic N) is 3. The fourth-order valence-corrected chi connectivity index (χ4v) is 3.77. The van der Waals surface area contributed by atoms with Crippen molar-refractivity contribution in [3.8, 4) is 22.9 Å². The molecule has 0 atom stereocenters. The van der Waals surface area contributed by atoms with Gasteiger partial charge in [0.2, 0.25) is 4.96 Å². The summed E-state index contributed by atoms with van der Waals surface area (Å²) in [6.45, 7) is 0. The first-order chi connectivity index (χ1) is 13.1. The Morgan fingerprint density at radius 3 is 2.48 bits per heavy atom. The molecule has 2 aromatic carbocycles. The van der Waals surface area contributed by atoms with Gasteiger partial charge in [-0.25, -0.2) is 4.40 Å². The summed E-state index contributed by atoms with van der Waals surface area (Å²) in [7, 11) is 3.13. The lowest BCUT2D eigenvalue weighted by molar-refractivity contribution is 0.355. The highest BCUT2D eigenvalue weighted by Crippen LogP contribution is 2.31. The van der Waals surface area contributed by atoms with Gasteiger partial charge in [-0.15, -0.1) is 10.2 Å². The summed E-state index contributed by atoms with van der Waals surface area (Å²) < 4.78 is 12.7. The van der Waals surface area contributed by atoms with Crippen LogP contribution < -0.4 is 19.6 Å². The van der Waals surface area contributed by atoms with Crippen LogP contribution >= 0.6 is 22.9 Å². The van der Waals surface area contributed by atoms with E-state index in [4.69, 9.17) is 21.1 Å². The highest BCUT2D eigenvalue weighted by molar-refractivity contribution is 7.15. The quantitative estimate of drug-likeness (QED) is 0.527. The van der Waals surface area contributed by atoms with E-state index in [-0.39, 0.29) is 5.56 Å². The maximum absolute atomic E-state index is 12.9. The molecule has 8 heteroatoms. The number of hydrogen-bond donors (Lipinski definition) is 0. The van der Waals surface area contributed by atoms with E-state index in [9.17, 15) is 4.79 Å². The number of thiazole rings is 1. The second kappa shape index (κ2) is 7.02. The molecular weight excluding hydrogens is 386 g/mol. The Labute approximate surface area is 163 Å². The van der Waals surface area contributed by atoms with Gasteiger partial charge in [-0.2, -0.15) is 0 Å². The fraction of sp³-hybridized carbons (Fsp3) is 0.105. The Morgan fingerprint density at radius 1 is 1.04 bits per heavy atom. The van der Waals surface area contributed by atoms with Crippen molar-refractivity contribution in [2.24, 2.45) is 0 Å². The molecule has 27 heavy (non-hydrogen) atoms. The zero-order valence-corrected chi connectivity index (χ0v) is 16.0. The molecule has 0 spiro atoms. The Morgan fingerprint density at radius 2 is 1.78 bits per heavy atom. The largest absolute Gasteiger partial charge is 0.493 e. The van der Waals surface area contributed by atoms with Crippen LogP contribution in [0.25, 0.3) is 22.4 Å². The second-order valence-electron chi connectivity index (χ2n) is 5.68. The molecule has 0 radical (unpaired) electrons. The van der Waals surface area contributed by atoms with E-state index in [2.05, 4.69) is 10.2 Å². The van der Waals surface area contributed by atoms with Crippen LogP contribution in [0.15, 0.2) is 47.3 Å². The van der Waals surface area contributed by atoms with Crippen molar-refractivity contribution in [3.05, 3.63) is 67.9 Å². The van der Waals surface area contributed by atoms with Crippen LogP contribution in [0, 0.1) is 0 Å². The maximum atomic E-state index is 12.9. The molecule has 2 aromatic heterocycles. The lowest BCUT2D eigenvalue weighted by Crippen LogP contribution is -2.23. The van der Waals surface area contributed by atoms with Crippen molar-refractivity contribution in [3.63, 3.8) is 0 Å². The van der Waals surface area contributed by atoms with Gasteiger partial charge in [-0.3, -0.25) is 4.79 Å². The van der Waals surface area contributed by atoms with Gasteiger partial charge in [-0.05, 0) is 42.0 Å². The number of halogens is 1. The minimum absolute atomic E-state index is 0.167. The van der Waals surface area contributed by atoms with Crippen LogP contribution in [-0.4, -0.2) is 28.8 Å². The molecule has 0 bridgehead atoms. The third kappa shape index (κ3) is 3.15. The standard InChI is InChI=1S/C19H14ClN3O3S/c1-25-14-8-5-12(10-15(14)26-2)17-21-22-19-23(17)18(24)16(27-19)9-11-3-6-13(20)7-4-11/h3-10H,1-2H3/b16-9+. The second-order valence-corrected chi connectivity index (χ2v) is 7.12. The normalized spacial score (nSPS) is 11.9. The number of fused-ring (bicyclic) bond motifs is 1. The number of ether oxygens (including phenoxy) is 2. The number of rotatable bonds is 4.